The third-order valence-electron chi connectivity index (χ3n) is 4.24. The monoisotopic (exact) mass is 385 g/mol. The van der Waals surface area contributed by atoms with Crippen LogP contribution in [0.5, 0.6) is 5.75 Å². The number of nitrogens with zero attached hydrogens (tertiary/aromatic N) is 3. The Morgan fingerprint density at radius 1 is 1.22 bits per heavy atom. The zero-order chi connectivity index (χ0) is 19.8. The van der Waals surface area contributed by atoms with Gasteiger partial charge in [0.1, 0.15) is 22.5 Å². The molecule has 2 aromatic carbocycles. The van der Waals surface area contributed by atoms with E-state index in [9.17, 15) is 9.90 Å². The van der Waals surface area contributed by atoms with Crippen LogP contribution in [0.1, 0.15) is 31.9 Å². The van der Waals surface area contributed by atoms with E-state index in [4.69, 9.17) is 16.3 Å². The first-order valence-electron chi connectivity index (χ1n) is 8.40. The van der Waals surface area contributed by atoms with Crippen LogP contribution in [-0.4, -0.2) is 33.2 Å². The number of phenols is 1. The van der Waals surface area contributed by atoms with E-state index in [1.54, 1.807) is 30.2 Å². The standard InChI is InChI=1S/C20H20ClN3O3/c1-20(2,3)15-8-12(7-14(11-25)27-4)9-18(19(15)26)24-22-16-6-5-13(21)10-17(16)23-24/h5-6,8-10,26H,7H2,1-4H3. The molecule has 6 nitrogen and oxygen atoms in total. The normalized spacial score (nSPS) is 11.4. The maximum Gasteiger partial charge on any atom is 0.183 e. The third kappa shape index (κ3) is 3.82. The second-order valence-electron chi connectivity index (χ2n) is 7.29. The molecule has 0 saturated heterocycles. The minimum absolute atomic E-state index is 0.0895. The van der Waals surface area contributed by atoms with Crippen molar-refractivity contribution in [2.45, 2.75) is 32.6 Å². The van der Waals surface area contributed by atoms with E-state index >= 15 is 0 Å². The molecule has 3 aromatic rings. The van der Waals surface area contributed by atoms with Gasteiger partial charge in [-0.1, -0.05) is 38.4 Å². The number of hydrogen-bond acceptors (Lipinski definition) is 5. The Balaban J connectivity index is 2.21. The van der Waals surface area contributed by atoms with Crippen LogP contribution >= 0.6 is 11.6 Å². The van der Waals surface area contributed by atoms with Crippen LogP contribution in [0, 0.1) is 0 Å². The molecule has 0 amide bonds. The van der Waals surface area contributed by atoms with Crippen molar-refractivity contribution >= 4 is 28.6 Å². The first-order chi connectivity index (χ1) is 12.7. The van der Waals surface area contributed by atoms with Crippen LogP contribution in [0.3, 0.4) is 0 Å². The number of methoxy groups -OCH3 is 1. The van der Waals surface area contributed by atoms with Crippen LogP contribution < -0.4 is 0 Å². The molecule has 0 aliphatic carbocycles. The SMILES string of the molecule is COC(=C=O)Cc1cc(-n2nc3ccc(Cl)cc3n2)c(O)c(C(C)(C)C)c1. The number of allylic oxidation sites excluding steroid dienone is 1. The van der Waals surface area contributed by atoms with Crippen LogP contribution in [0.25, 0.3) is 16.7 Å². The highest BCUT2D eigenvalue weighted by molar-refractivity contribution is 6.31. The molecule has 0 spiro atoms. The first kappa shape index (κ1) is 19.0. The zero-order valence-corrected chi connectivity index (χ0v) is 16.3. The van der Waals surface area contributed by atoms with Crippen molar-refractivity contribution in [3.63, 3.8) is 0 Å². The van der Waals surface area contributed by atoms with E-state index in [-0.39, 0.29) is 23.3 Å². The van der Waals surface area contributed by atoms with E-state index in [2.05, 4.69) is 10.2 Å². The zero-order valence-electron chi connectivity index (χ0n) is 15.6. The fourth-order valence-electron chi connectivity index (χ4n) is 2.83. The molecule has 27 heavy (non-hydrogen) atoms. The Labute approximate surface area is 162 Å². The maximum atomic E-state index is 11.0. The molecule has 0 aliphatic heterocycles. The fourth-order valence-corrected chi connectivity index (χ4v) is 3.00. The molecule has 1 heterocycles. The van der Waals surface area contributed by atoms with E-state index in [0.717, 1.165) is 11.1 Å². The number of aromatic nitrogens is 3. The lowest BCUT2D eigenvalue weighted by atomic mass is 9.84. The smallest absolute Gasteiger partial charge is 0.183 e. The second kappa shape index (κ2) is 7.06. The van der Waals surface area contributed by atoms with Gasteiger partial charge in [0.05, 0.1) is 7.11 Å². The number of carbonyl (C=O) groups excluding carboxylic acids is 1. The molecule has 0 radical (unpaired) electrons. The largest absolute Gasteiger partial charge is 0.505 e. The van der Waals surface area contributed by atoms with Crippen molar-refractivity contribution in [1.29, 1.82) is 0 Å². The summed E-state index contributed by atoms with van der Waals surface area (Å²) >= 11 is 6.03. The lowest BCUT2D eigenvalue weighted by Crippen LogP contribution is -2.14. The molecular formula is C20H20ClN3O3. The summed E-state index contributed by atoms with van der Waals surface area (Å²) in [5.41, 5.74) is 2.87. The van der Waals surface area contributed by atoms with E-state index in [1.165, 1.54) is 11.9 Å². The molecule has 0 atom stereocenters. The Hall–Kier alpha value is -2.82. The summed E-state index contributed by atoms with van der Waals surface area (Å²) in [6.07, 6.45) is 0.253. The van der Waals surface area contributed by atoms with Gasteiger partial charge in [-0.3, -0.25) is 0 Å². The summed E-state index contributed by atoms with van der Waals surface area (Å²) in [6, 6.07) is 8.81. The van der Waals surface area contributed by atoms with Gasteiger partial charge in [-0.25, -0.2) is 4.79 Å². The molecule has 0 saturated carbocycles. The molecule has 1 aromatic heterocycles. The summed E-state index contributed by atoms with van der Waals surface area (Å²) in [4.78, 5) is 12.4. The predicted octanol–water partition coefficient (Wildman–Crippen LogP) is 3.98. The molecule has 0 aliphatic rings. The van der Waals surface area contributed by atoms with E-state index < -0.39 is 0 Å². The van der Waals surface area contributed by atoms with Crippen molar-refractivity contribution in [2.75, 3.05) is 7.11 Å². The first-order valence-corrected chi connectivity index (χ1v) is 8.78. The quantitative estimate of drug-likeness (QED) is 0.543. The lowest BCUT2D eigenvalue weighted by molar-refractivity contribution is 0.286. The van der Waals surface area contributed by atoms with Gasteiger partial charge in [0.25, 0.3) is 0 Å². The number of benzene rings is 2. The number of hydrogen-bond donors (Lipinski definition) is 1. The number of phenolic OH excluding ortho intramolecular Hbond substituents is 1. The van der Waals surface area contributed by atoms with Gasteiger partial charge in [0, 0.05) is 17.0 Å². The van der Waals surface area contributed by atoms with Gasteiger partial charge in [0.15, 0.2) is 11.7 Å². The number of ether oxygens (including phenoxy) is 1. The highest BCUT2D eigenvalue weighted by atomic mass is 35.5. The van der Waals surface area contributed by atoms with E-state index in [1.807, 2.05) is 26.8 Å². The van der Waals surface area contributed by atoms with Gasteiger partial charge in [-0.2, -0.15) is 0 Å². The molecule has 7 heteroatoms. The molecular weight excluding hydrogens is 366 g/mol. The van der Waals surface area contributed by atoms with Gasteiger partial charge in [-0.15, -0.1) is 15.0 Å². The Morgan fingerprint density at radius 2 is 1.93 bits per heavy atom. The van der Waals surface area contributed by atoms with Crippen LogP contribution in [0.15, 0.2) is 36.1 Å². The molecule has 140 valence electrons. The highest BCUT2D eigenvalue weighted by Gasteiger charge is 2.23. The van der Waals surface area contributed by atoms with Crippen molar-refractivity contribution < 1.29 is 14.6 Å². The van der Waals surface area contributed by atoms with Crippen LogP contribution in [0.2, 0.25) is 5.02 Å². The van der Waals surface area contributed by atoms with Gasteiger partial charge in [0.2, 0.25) is 0 Å². The predicted molar refractivity (Wildman–Crippen MR) is 104 cm³/mol. The number of aromatic hydroxyl groups is 1. The minimum Gasteiger partial charge on any atom is -0.505 e. The topological polar surface area (TPSA) is 77.2 Å². The van der Waals surface area contributed by atoms with Crippen LogP contribution in [-0.2, 0) is 21.4 Å². The molecule has 0 bridgehead atoms. The van der Waals surface area contributed by atoms with Gasteiger partial charge >= 0.3 is 0 Å². The van der Waals surface area contributed by atoms with Crippen molar-refractivity contribution in [2.24, 2.45) is 0 Å². The second-order valence-corrected chi connectivity index (χ2v) is 7.73. The molecule has 1 N–H and O–H groups in total. The Bertz CT molecular complexity index is 1060. The summed E-state index contributed by atoms with van der Waals surface area (Å²) in [5, 5.41) is 20.3. The summed E-state index contributed by atoms with van der Waals surface area (Å²) < 4.78 is 5.04. The Morgan fingerprint density at radius 3 is 2.56 bits per heavy atom. The lowest BCUT2D eigenvalue weighted by Gasteiger charge is -2.23. The third-order valence-corrected chi connectivity index (χ3v) is 4.48. The summed E-state index contributed by atoms with van der Waals surface area (Å²) in [7, 11) is 1.43. The number of halogens is 1. The van der Waals surface area contributed by atoms with Crippen molar-refractivity contribution in [3.8, 4) is 11.4 Å². The van der Waals surface area contributed by atoms with Gasteiger partial charge < -0.3 is 9.84 Å². The summed E-state index contributed by atoms with van der Waals surface area (Å²) in [6.45, 7) is 5.99. The minimum atomic E-state index is -0.331. The number of rotatable bonds is 4. The Kier molecular flexibility index (Phi) is 4.96. The van der Waals surface area contributed by atoms with Gasteiger partial charge in [-0.05, 0) is 35.2 Å². The molecule has 0 unspecified atom stereocenters. The highest BCUT2D eigenvalue weighted by Crippen LogP contribution is 2.36. The summed E-state index contributed by atoms with van der Waals surface area (Å²) in [5.74, 6) is 2.06. The van der Waals surface area contributed by atoms with Crippen molar-refractivity contribution in [3.05, 3.63) is 52.2 Å². The average Bonchev–Trinajstić information content (AvgIpc) is 3.02. The van der Waals surface area contributed by atoms with Crippen molar-refractivity contribution in [1.82, 2.24) is 15.0 Å². The number of fused-ring (bicyclic) bond motifs is 1. The molecule has 0 fully saturated rings. The van der Waals surface area contributed by atoms with E-state index in [0.29, 0.717) is 21.7 Å². The maximum absolute atomic E-state index is 11.0. The average molecular weight is 386 g/mol. The van der Waals surface area contributed by atoms with Crippen LogP contribution in [0.4, 0.5) is 0 Å². The molecule has 3 rings (SSSR count). The fraction of sp³-hybridized carbons (Fsp3) is 0.300.